The lowest BCUT2D eigenvalue weighted by Crippen LogP contribution is -2.14. The molecular weight excluding hydrogens is 360 g/mol. The number of hydrogen-bond acceptors (Lipinski definition) is 4. The summed E-state index contributed by atoms with van der Waals surface area (Å²) in [5, 5.41) is 4.27. The first kappa shape index (κ1) is 17.5. The van der Waals surface area contributed by atoms with Gasteiger partial charge in [0.05, 0.1) is 21.3 Å². The van der Waals surface area contributed by atoms with Gasteiger partial charge in [-0.3, -0.25) is 4.72 Å². The Kier molecular flexibility index (Phi) is 4.58. The van der Waals surface area contributed by atoms with Crippen molar-refractivity contribution < 1.29 is 12.9 Å². The van der Waals surface area contributed by atoms with Crippen molar-refractivity contribution in [2.75, 3.05) is 4.72 Å². The Balaban J connectivity index is 2.08. The molecule has 2 aromatic carbocycles. The highest BCUT2D eigenvalue weighted by molar-refractivity contribution is 7.92. The van der Waals surface area contributed by atoms with Crippen molar-refractivity contribution in [3.8, 4) is 11.1 Å². The molecule has 0 amide bonds. The second-order valence-electron chi connectivity index (χ2n) is 5.76. The molecule has 25 heavy (non-hydrogen) atoms. The number of hydrogen-bond donors (Lipinski definition) is 1. The molecule has 3 rings (SSSR count). The van der Waals surface area contributed by atoms with Gasteiger partial charge in [-0.2, -0.15) is 0 Å². The van der Waals surface area contributed by atoms with Gasteiger partial charge in [0.1, 0.15) is 5.76 Å². The van der Waals surface area contributed by atoms with E-state index in [2.05, 4.69) is 9.88 Å². The molecule has 0 spiro atoms. The number of halogens is 1. The van der Waals surface area contributed by atoms with Crippen molar-refractivity contribution in [3.63, 3.8) is 0 Å². The van der Waals surface area contributed by atoms with Crippen LogP contribution in [0.2, 0.25) is 5.02 Å². The molecule has 0 saturated carbocycles. The maximum absolute atomic E-state index is 12.9. The zero-order valence-corrected chi connectivity index (χ0v) is 15.6. The number of anilines is 1. The monoisotopic (exact) mass is 376 g/mol. The molecule has 7 heteroatoms. The lowest BCUT2D eigenvalue weighted by molar-refractivity contribution is 0.393. The van der Waals surface area contributed by atoms with Crippen LogP contribution >= 0.6 is 11.6 Å². The molecule has 130 valence electrons. The van der Waals surface area contributed by atoms with Gasteiger partial charge in [0, 0.05) is 5.56 Å². The van der Waals surface area contributed by atoms with Crippen LogP contribution in [0.4, 0.5) is 5.69 Å². The van der Waals surface area contributed by atoms with E-state index in [0.717, 1.165) is 11.1 Å². The molecular formula is C18H17ClN2O3S. The average Bonchev–Trinajstić information content (AvgIpc) is 2.89. The topological polar surface area (TPSA) is 72.2 Å². The maximum atomic E-state index is 12.9. The van der Waals surface area contributed by atoms with Crippen molar-refractivity contribution in [2.45, 2.75) is 25.7 Å². The van der Waals surface area contributed by atoms with E-state index in [1.165, 1.54) is 0 Å². The first-order valence-electron chi connectivity index (χ1n) is 7.61. The quantitative estimate of drug-likeness (QED) is 0.715. The highest BCUT2D eigenvalue weighted by atomic mass is 35.5. The minimum atomic E-state index is -3.79. The first-order valence-corrected chi connectivity index (χ1v) is 9.47. The summed E-state index contributed by atoms with van der Waals surface area (Å²) in [6.07, 6.45) is 0. The van der Waals surface area contributed by atoms with Gasteiger partial charge in [-0.05, 0) is 50.1 Å². The number of sulfonamides is 1. The summed E-state index contributed by atoms with van der Waals surface area (Å²) >= 11 is 6.06. The average molecular weight is 377 g/mol. The fourth-order valence-electron chi connectivity index (χ4n) is 2.68. The van der Waals surface area contributed by atoms with E-state index >= 15 is 0 Å². The van der Waals surface area contributed by atoms with E-state index in [9.17, 15) is 8.42 Å². The number of nitrogens with zero attached hydrogens (tertiary/aromatic N) is 1. The predicted molar refractivity (Wildman–Crippen MR) is 98.4 cm³/mol. The standard InChI is InChI=1S/C18H17ClN2O3S/c1-11-8-9-14(18-12(2)20-24-13(18)3)10-17(11)25(22,23)21-16-7-5-4-6-15(16)19/h4-10,21H,1-3H3. The molecule has 0 radical (unpaired) electrons. The van der Waals surface area contributed by atoms with E-state index in [1.807, 2.05) is 13.0 Å². The van der Waals surface area contributed by atoms with Gasteiger partial charge >= 0.3 is 0 Å². The van der Waals surface area contributed by atoms with Crippen molar-refractivity contribution in [1.82, 2.24) is 5.16 Å². The van der Waals surface area contributed by atoms with E-state index in [0.29, 0.717) is 27.7 Å². The number of benzene rings is 2. The first-order chi connectivity index (χ1) is 11.8. The fourth-order valence-corrected chi connectivity index (χ4v) is 4.27. The number of aromatic nitrogens is 1. The van der Waals surface area contributed by atoms with Crippen LogP contribution in [0, 0.1) is 20.8 Å². The lowest BCUT2D eigenvalue weighted by Gasteiger charge is -2.13. The molecule has 0 aliphatic rings. The van der Waals surface area contributed by atoms with Crippen LogP contribution in [-0.2, 0) is 10.0 Å². The smallest absolute Gasteiger partial charge is 0.262 e. The molecule has 0 atom stereocenters. The van der Waals surface area contributed by atoms with Crippen LogP contribution < -0.4 is 4.72 Å². The van der Waals surface area contributed by atoms with Crippen LogP contribution in [0.5, 0.6) is 0 Å². The van der Waals surface area contributed by atoms with Crippen LogP contribution in [0.3, 0.4) is 0 Å². The van der Waals surface area contributed by atoms with Gasteiger partial charge in [-0.25, -0.2) is 8.42 Å². The third-order valence-electron chi connectivity index (χ3n) is 3.92. The molecule has 1 aromatic heterocycles. The second kappa shape index (κ2) is 6.54. The van der Waals surface area contributed by atoms with Gasteiger partial charge < -0.3 is 4.52 Å². The van der Waals surface area contributed by atoms with E-state index < -0.39 is 10.0 Å². The molecule has 0 fully saturated rings. The third kappa shape index (κ3) is 3.41. The summed E-state index contributed by atoms with van der Waals surface area (Å²) in [6.45, 7) is 5.37. The van der Waals surface area contributed by atoms with Gasteiger partial charge in [0.15, 0.2) is 0 Å². The Bertz CT molecular complexity index is 1020. The minimum absolute atomic E-state index is 0.185. The second-order valence-corrected chi connectivity index (χ2v) is 7.82. The summed E-state index contributed by atoms with van der Waals surface area (Å²) in [6, 6.07) is 12.0. The van der Waals surface area contributed by atoms with Crippen LogP contribution in [0.1, 0.15) is 17.0 Å². The number of nitrogens with one attached hydrogen (secondary N) is 1. The van der Waals surface area contributed by atoms with E-state index in [-0.39, 0.29) is 4.90 Å². The Morgan fingerprint density at radius 1 is 1.08 bits per heavy atom. The van der Waals surface area contributed by atoms with Crippen LogP contribution in [0.25, 0.3) is 11.1 Å². The Morgan fingerprint density at radius 2 is 1.80 bits per heavy atom. The zero-order chi connectivity index (χ0) is 18.2. The largest absolute Gasteiger partial charge is 0.361 e. The third-order valence-corrected chi connectivity index (χ3v) is 5.75. The van der Waals surface area contributed by atoms with E-state index in [4.69, 9.17) is 16.1 Å². The zero-order valence-electron chi connectivity index (χ0n) is 14.0. The SMILES string of the molecule is Cc1ccc(-c2c(C)noc2C)cc1S(=O)(=O)Nc1ccccc1Cl. The summed E-state index contributed by atoms with van der Waals surface area (Å²) < 4.78 is 33.4. The Morgan fingerprint density at radius 3 is 2.44 bits per heavy atom. The molecule has 0 unspecified atom stereocenters. The molecule has 0 bridgehead atoms. The Hall–Kier alpha value is -2.31. The summed E-state index contributed by atoms with van der Waals surface area (Å²) in [7, 11) is -3.79. The van der Waals surface area contributed by atoms with Gasteiger partial charge in [-0.15, -0.1) is 0 Å². The normalized spacial score (nSPS) is 11.5. The van der Waals surface area contributed by atoms with Crippen molar-refractivity contribution in [2.24, 2.45) is 0 Å². The molecule has 0 aliphatic carbocycles. The molecule has 0 saturated heterocycles. The minimum Gasteiger partial charge on any atom is -0.361 e. The molecule has 3 aromatic rings. The highest BCUT2D eigenvalue weighted by Crippen LogP contribution is 2.31. The molecule has 5 nitrogen and oxygen atoms in total. The Labute approximate surface area is 151 Å². The maximum Gasteiger partial charge on any atom is 0.262 e. The van der Waals surface area contributed by atoms with Crippen LogP contribution in [-0.4, -0.2) is 13.6 Å². The number of rotatable bonds is 4. The van der Waals surface area contributed by atoms with Gasteiger partial charge in [-0.1, -0.05) is 41.0 Å². The van der Waals surface area contributed by atoms with E-state index in [1.54, 1.807) is 50.2 Å². The van der Waals surface area contributed by atoms with Crippen LogP contribution in [0.15, 0.2) is 51.9 Å². The highest BCUT2D eigenvalue weighted by Gasteiger charge is 2.21. The molecule has 1 N–H and O–H groups in total. The summed E-state index contributed by atoms with van der Waals surface area (Å²) in [5.74, 6) is 0.642. The van der Waals surface area contributed by atoms with Gasteiger partial charge in [0.2, 0.25) is 0 Å². The van der Waals surface area contributed by atoms with Crippen molar-refractivity contribution >= 4 is 27.3 Å². The fraction of sp³-hybridized carbons (Fsp3) is 0.167. The predicted octanol–water partition coefficient (Wildman–Crippen LogP) is 4.72. The van der Waals surface area contributed by atoms with Crippen molar-refractivity contribution in [3.05, 3.63) is 64.5 Å². The number of para-hydroxylation sites is 1. The lowest BCUT2D eigenvalue weighted by atomic mass is 10.0. The molecule has 0 aliphatic heterocycles. The molecule has 1 heterocycles. The van der Waals surface area contributed by atoms with Gasteiger partial charge in [0.25, 0.3) is 10.0 Å². The number of aryl methyl sites for hydroxylation is 3. The van der Waals surface area contributed by atoms with Crippen molar-refractivity contribution in [1.29, 1.82) is 0 Å². The summed E-state index contributed by atoms with van der Waals surface area (Å²) in [4.78, 5) is 0.185. The summed E-state index contributed by atoms with van der Waals surface area (Å²) in [5.41, 5.74) is 3.22.